The maximum Gasteiger partial charge on any atom is 0.337 e. The summed E-state index contributed by atoms with van der Waals surface area (Å²) in [6, 6.07) is -2.08. The van der Waals surface area contributed by atoms with Gasteiger partial charge in [-0.05, 0) is 41.9 Å². The largest absolute Gasteiger partial charge is 0.464 e. The number of aliphatic hydroxyl groups is 1. The molecule has 0 spiro atoms. The number of rotatable bonds is 8. The van der Waals surface area contributed by atoms with E-state index in [0.717, 1.165) is 12.8 Å². The van der Waals surface area contributed by atoms with Crippen LogP contribution >= 0.6 is 0 Å². The molecule has 31 heavy (non-hydrogen) atoms. The number of likely N-dealkylation sites (tertiary alicyclic amines) is 1. The molecular formula is C23H39N3O5. The zero-order valence-corrected chi connectivity index (χ0v) is 19.7. The second-order valence-electron chi connectivity index (χ2n) is 11.2. The number of amides is 2. The molecule has 0 bridgehead atoms. The third-order valence-corrected chi connectivity index (χ3v) is 7.48. The smallest absolute Gasteiger partial charge is 0.337 e. The zero-order valence-electron chi connectivity index (χ0n) is 19.7. The number of nitrogens with zero attached hydrogens (tertiary/aromatic N) is 1. The summed E-state index contributed by atoms with van der Waals surface area (Å²) in [6.45, 7) is 12.3. The van der Waals surface area contributed by atoms with Gasteiger partial charge >= 0.3 is 5.97 Å². The van der Waals surface area contributed by atoms with E-state index in [1.54, 1.807) is 11.8 Å². The molecule has 0 aromatic rings. The van der Waals surface area contributed by atoms with Gasteiger partial charge < -0.3 is 25.8 Å². The molecule has 3 unspecified atom stereocenters. The number of ether oxygens (including phenoxy) is 1. The number of esters is 1. The quantitative estimate of drug-likeness (QED) is 0.488. The number of nitrogens with one attached hydrogen (secondary N) is 1. The maximum atomic E-state index is 13.4. The molecule has 0 aromatic carbocycles. The van der Waals surface area contributed by atoms with Gasteiger partial charge in [0.1, 0.15) is 6.04 Å². The molecule has 8 heteroatoms. The van der Waals surface area contributed by atoms with E-state index in [-0.39, 0.29) is 35.7 Å². The monoisotopic (exact) mass is 437 g/mol. The molecule has 2 saturated carbocycles. The lowest BCUT2D eigenvalue weighted by molar-refractivity contribution is -0.155. The number of hydrogen-bond acceptors (Lipinski definition) is 6. The molecule has 6 atom stereocenters. The molecule has 3 rings (SSSR count). The van der Waals surface area contributed by atoms with Gasteiger partial charge in [0, 0.05) is 6.54 Å². The topological polar surface area (TPSA) is 122 Å². The summed E-state index contributed by atoms with van der Waals surface area (Å²) in [6.07, 6.45) is 1.14. The van der Waals surface area contributed by atoms with Gasteiger partial charge in [0.25, 0.3) is 0 Å². The molecule has 0 aromatic heterocycles. The van der Waals surface area contributed by atoms with Crippen LogP contribution in [0.5, 0.6) is 0 Å². The van der Waals surface area contributed by atoms with Crippen LogP contribution in [0.25, 0.3) is 0 Å². The number of nitrogens with two attached hydrogens (primary N) is 1. The first kappa shape index (κ1) is 24.0. The van der Waals surface area contributed by atoms with Crippen LogP contribution in [0.3, 0.4) is 0 Å². The summed E-state index contributed by atoms with van der Waals surface area (Å²) in [4.78, 5) is 40.4. The Morgan fingerprint density at radius 1 is 1.26 bits per heavy atom. The summed E-state index contributed by atoms with van der Waals surface area (Å²) in [5, 5.41) is 13.4. The zero-order chi connectivity index (χ0) is 23.3. The van der Waals surface area contributed by atoms with Crippen molar-refractivity contribution in [2.75, 3.05) is 13.2 Å². The lowest BCUT2D eigenvalue weighted by Gasteiger charge is -2.36. The normalized spacial score (nSPS) is 29.5. The van der Waals surface area contributed by atoms with Crippen molar-refractivity contribution in [2.45, 2.75) is 85.0 Å². The highest BCUT2D eigenvalue weighted by Crippen LogP contribution is 2.65. The minimum atomic E-state index is -1.42. The highest BCUT2D eigenvalue weighted by Gasteiger charge is 2.69. The predicted molar refractivity (Wildman–Crippen MR) is 116 cm³/mol. The molecule has 1 aliphatic heterocycles. The average molecular weight is 438 g/mol. The second-order valence-corrected chi connectivity index (χ2v) is 11.2. The van der Waals surface area contributed by atoms with Crippen molar-refractivity contribution >= 4 is 17.8 Å². The van der Waals surface area contributed by atoms with Crippen molar-refractivity contribution in [3.8, 4) is 0 Å². The summed E-state index contributed by atoms with van der Waals surface area (Å²) in [5.74, 6) is -0.592. The van der Waals surface area contributed by atoms with E-state index in [1.807, 2.05) is 20.8 Å². The van der Waals surface area contributed by atoms with Crippen molar-refractivity contribution in [1.29, 1.82) is 0 Å². The van der Waals surface area contributed by atoms with E-state index in [4.69, 9.17) is 10.5 Å². The molecule has 1 heterocycles. The molecule has 4 N–H and O–H groups in total. The standard InChI is InChI=1S/C23H39N3O5/c1-7-31-21(30)17(27)14(10-12-8-9-12)25-19(28)16-15-13(23(15,5)6)11-26(16)20(29)18(24)22(2,3)4/h12-18,27H,7-11,24H2,1-6H3,(H,25,28)/t13-,14?,15-,16-,17?,18?/m0/s1. The van der Waals surface area contributed by atoms with Crippen LogP contribution < -0.4 is 11.1 Å². The number of carbonyl (C=O) groups excluding carboxylic acids is 3. The molecule has 1 saturated heterocycles. The van der Waals surface area contributed by atoms with Gasteiger partial charge in [-0.2, -0.15) is 0 Å². The molecule has 8 nitrogen and oxygen atoms in total. The molecule has 176 valence electrons. The van der Waals surface area contributed by atoms with Crippen LogP contribution in [-0.4, -0.2) is 65.2 Å². The molecule has 3 aliphatic rings. The van der Waals surface area contributed by atoms with Crippen LogP contribution in [0, 0.1) is 28.6 Å². The van der Waals surface area contributed by atoms with Crippen LogP contribution in [-0.2, 0) is 19.1 Å². The third kappa shape index (κ3) is 4.75. The number of piperidine rings is 1. The first-order chi connectivity index (χ1) is 14.3. The Balaban J connectivity index is 1.78. The number of aliphatic hydroxyl groups excluding tert-OH is 1. The first-order valence-corrected chi connectivity index (χ1v) is 11.5. The Bertz CT molecular complexity index is 727. The van der Waals surface area contributed by atoms with Gasteiger partial charge in [0.15, 0.2) is 6.10 Å². The van der Waals surface area contributed by atoms with Crippen LogP contribution in [0.15, 0.2) is 0 Å². The summed E-state index contributed by atoms with van der Waals surface area (Å²) < 4.78 is 4.96. The molecule has 2 aliphatic carbocycles. The fourth-order valence-electron chi connectivity index (χ4n) is 5.00. The highest BCUT2D eigenvalue weighted by molar-refractivity contribution is 5.92. The number of hydrogen-bond donors (Lipinski definition) is 3. The van der Waals surface area contributed by atoms with Crippen LogP contribution in [0.1, 0.15) is 60.8 Å². The van der Waals surface area contributed by atoms with E-state index in [9.17, 15) is 19.5 Å². The Hall–Kier alpha value is -1.67. The van der Waals surface area contributed by atoms with Crippen LogP contribution in [0.2, 0.25) is 0 Å². The molecule has 3 fully saturated rings. The maximum absolute atomic E-state index is 13.4. The molecule has 0 radical (unpaired) electrons. The SMILES string of the molecule is CCOC(=O)C(O)C(CC1CC1)NC(=O)[C@@H]1[C@@H]2[C@H](CN1C(=O)C(N)C(C)(C)C)C2(C)C. The highest BCUT2D eigenvalue weighted by atomic mass is 16.5. The summed E-state index contributed by atoms with van der Waals surface area (Å²) in [5.41, 5.74) is 5.78. The van der Waals surface area contributed by atoms with Gasteiger partial charge in [0.2, 0.25) is 11.8 Å². The van der Waals surface area contributed by atoms with Gasteiger partial charge in [-0.1, -0.05) is 47.5 Å². The van der Waals surface area contributed by atoms with E-state index >= 15 is 0 Å². The Kier molecular flexibility index (Phi) is 6.46. The van der Waals surface area contributed by atoms with Crippen molar-refractivity contribution in [3.05, 3.63) is 0 Å². The average Bonchev–Trinajstić information content (AvgIpc) is 3.52. The lowest BCUT2D eigenvalue weighted by atomic mass is 9.86. The lowest BCUT2D eigenvalue weighted by Crippen LogP contribution is -2.59. The van der Waals surface area contributed by atoms with Gasteiger partial charge in [-0.3, -0.25) is 9.59 Å². The fraction of sp³-hybridized carbons (Fsp3) is 0.870. The Labute approximate surface area is 185 Å². The van der Waals surface area contributed by atoms with E-state index in [2.05, 4.69) is 19.2 Å². The van der Waals surface area contributed by atoms with E-state index < -0.39 is 35.6 Å². The minimum absolute atomic E-state index is 0.0314. The number of carbonyl (C=O) groups is 3. The van der Waals surface area contributed by atoms with Crippen molar-refractivity contribution < 1.29 is 24.2 Å². The van der Waals surface area contributed by atoms with Crippen molar-refractivity contribution in [2.24, 2.45) is 34.3 Å². The van der Waals surface area contributed by atoms with Gasteiger partial charge in [0.05, 0.1) is 18.7 Å². The Morgan fingerprint density at radius 3 is 2.39 bits per heavy atom. The predicted octanol–water partition coefficient (Wildman–Crippen LogP) is 1.05. The number of fused-ring (bicyclic) bond motifs is 1. The summed E-state index contributed by atoms with van der Waals surface area (Å²) >= 11 is 0. The fourth-order valence-corrected chi connectivity index (χ4v) is 5.00. The van der Waals surface area contributed by atoms with Crippen molar-refractivity contribution in [3.63, 3.8) is 0 Å². The third-order valence-electron chi connectivity index (χ3n) is 7.48. The molecular weight excluding hydrogens is 398 g/mol. The van der Waals surface area contributed by atoms with Crippen molar-refractivity contribution in [1.82, 2.24) is 10.2 Å². The molecule has 2 amide bonds. The second kappa shape index (κ2) is 8.35. The first-order valence-electron chi connectivity index (χ1n) is 11.5. The van der Waals surface area contributed by atoms with Gasteiger partial charge in [-0.15, -0.1) is 0 Å². The Morgan fingerprint density at radius 2 is 1.87 bits per heavy atom. The summed E-state index contributed by atoms with van der Waals surface area (Å²) in [7, 11) is 0. The van der Waals surface area contributed by atoms with Crippen LogP contribution in [0.4, 0.5) is 0 Å². The van der Waals surface area contributed by atoms with E-state index in [1.165, 1.54) is 0 Å². The van der Waals surface area contributed by atoms with Gasteiger partial charge in [-0.25, -0.2) is 4.79 Å². The van der Waals surface area contributed by atoms with E-state index in [0.29, 0.717) is 18.9 Å². The minimum Gasteiger partial charge on any atom is -0.464 e.